The lowest BCUT2D eigenvalue weighted by Gasteiger charge is -2.07. The number of aromatic nitrogens is 2. The third-order valence-electron chi connectivity index (χ3n) is 2.63. The van der Waals surface area contributed by atoms with Gasteiger partial charge in [-0.1, -0.05) is 11.6 Å². The lowest BCUT2D eigenvalue weighted by Crippen LogP contribution is -2.12. The molecule has 0 bridgehead atoms. The molecule has 0 atom stereocenters. The SMILES string of the molecule is O=S(=O)(Nc1ccc(Cl)cc1)c1ccc2nsnc2c1. The van der Waals surface area contributed by atoms with Gasteiger partial charge in [0.25, 0.3) is 10.0 Å². The maximum atomic E-state index is 12.3. The van der Waals surface area contributed by atoms with Crippen LogP contribution < -0.4 is 4.72 Å². The molecule has 2 aromatic carbocycles. The van der Waals surface area contributed by atoms with Crippen molar-refractivity contribution in [1.82, 2.24) is 8.75 Å². The quantitative estimate of drug-likeness (QED) is 0.803. The fourth-order valence-corrected chi connectivity index (χ4v) is 3.38. The Balaban J connectivity index is 1.96. The molecule has 0 radical (unpaired) electrons. The molecule has 1 aromatic heterocycles. The zero-order valence-corrected chi connectivity index (χ0v) is 12.3. The molecule has 0 saturated carbocycles. The highest BCUT2D eigenvalue weighted by Crippen LogP contribution is 2.21. The summed E-state index contributed by atoms with van der Waals surface area (Å²) in [6.45, 7) is 0. The first-order chi connectivity index (χ1) is 9.54. The summed E-state index contributed by atoms with van der Waals surface area (Å²) in [6, 6.07) is 11.1. The van der Waals surface area contributed by atoms with Crippen molar-refractivity contribution < 1.29 is 8.42 Å². The van der Waals surface area contributed by atoms with Gasteiger partial charge < -0.3 is 0 Å². The number of halogens is 1. The molecule has 20 heavy (non-hydrogen) atoms. The molecule has 0 amide bonds. The smallest absolute Gasteiger partial charge is 0.261 e. The van der Waals surface area contributed by atoms with Crippen LogP contribution in [0.25, 0.3) is 11.0 Å². The summed E-state index contributed by atoms with van der Waals surface area (Å²) < 4.78 is 35.1. The predicted molar refractivity (Wildman–Crippen MR) is 79.7 cm³/mol. The van der Waals surface area contributed by atoms with Gasteiger partial charge in [0, 0.05) is 10.7 Å². The van der Waals surface area contributed by atoms with E-state index in [1.54, 1.807) is 30.3 Å². The predicted octanol–water partition coefficient (Wildman–Crippen LogP) is 3.15. The van der Waals surface area contributed by atoms with Crippen molar-refractivity contribution in [1.29, 1.82) is 0 Å². The molecule has 3 rings (SSSR count). The van der Waals surface area contributed by atoms with Gasteiger partial charge in [0.05, 0.1) is 16.6 Å². The van der Waals surface area contributed by atoms with Crippen molar-refractivity contribution in [3.63, 3.8) is 0 Å². The summed E-state index contributed by atoms with van der Waals surface area (Å²) in [5.41, 5.74) is 1.69. The Morgan fingerprint density at radius 2 is 1.70 bits per heavy atom. The standard InChI is InChI=1S/C12H8ClN3O2S2/c13-8-1-3-9(4-2-8)16-20(17,18)10-5-6-11-12(7-10)15-19-14-11/h1-7,16H. The number of anilines is 1. The Bertz CT molecular complexity index is 860. The first-order valence-corrected chi connectivity index (χ1v) is 8.14. The van der Waals surface area contributed by atoms with Gasteiger partial charge in [-0.3, -0.25) is 4.72 Å². The van der Waals surface area contributed by atoms with E-state index in [9.17, 15) is 8.42 Å². The molecule has 8 heteroatoms. The van der Waals surface area contributed by atoms with E-state index in [2.05, 4.69) is 13.5 Å². The van der Waals surface area contributed by atoms with Gasteiger partial charge in [-0.2, -0.15) is 8.75 Å². The summed E-state index contributed by atoms with van der Waals surface area (Å²) in [6.07, 6.45) is 0. The molecule has 5 nitrogen and oxygen atoms in total. The van der Waals surface area contributed by atoms with E-state index >= 15 is 0 Å². The van der Waals surface area contributed by atoms with Crippen LogP contribution in [-0.4, -0.2) is 17.2 Å². The molecule has 0 unspecified atom stereocenters. The van der Waals surface area contributed by atoms with Gasteiger partial charge in [-0.25, -0.2) is 8.42 Å². The van der Waals surface area contributed by atoms with Crippen molar-refractivity contribution in [3.05, 3.63) is 47.5 Å². The minimum absolute atomic E-state index is 0.146. The number of sulfonamides is 1. The van der Waals surface area contributed by atoms with Crippen molar-refractivity contribution >= 4 is 50.1 Å². The minimum Gasteiger partial charge on any atom is -0.280 e. The van der Waals surface area contributed by atoms with Gasteiger partial charge in [0.2, 0.25) is 0 Å². The van der Waals surface area contributed by atoms with E-state index in [1.165, 1.54) is 12.1 Å². The van der Waals surface area contributed by atoms with E-state index in [-0.39, 0.29) is 4.90 Å². The third-order valence-corrected chi connectivity index (χ3v) is 4.82. The van der Waals surface area contributed by atoms with Crippen molar-refractivity contribution in [2.24, 2.45) is 0 Å². The fourth-order valence-electron chi connectivity index (χ4n) is 1.66. The van der Waals surface area contributed by atoms with Crippen LogP contribution in [0.5, 0.6) is 0 Å². The zero-order chi connectivity index (χ0) is 14.2. The molecular weight excluding hydrogens is 318 g/mol. The highest BCUT2D eigenvalue weighted by atomic mass is 35.5. The number of hydrogen-bond donors (Lipinski definition) is 1. The first kappa shape index (κ1) is 13.3. The third kappa shape index (κ3) is 2.60. The summed E-state index contributed by atoms with van der Waals surface area (Å²) in [5, 5.41) is 0.544. The summed E-state index contributed by atoms with van der Waals surface area (Å²) in [7, 11) is -3.65. The molecule has 0 saturated heterocycles. The summed E-state index contributed by atoms with van der Waals surface area (Å²) in [5.74, 6) is 0. The second kappa shape index (κ2) is 5.01. The van der Waals surface area contributed by atoms with Crippen LogP contribution in [0.1, 0.15) is 0 Å². The topological polar surface area (TPSA) is 72.0 Å². The number of fused-ring (bicyclic) bond motifs is 1. The number of rotatable bonds is 3. The van der Waals surface area contributed by atoms with Crippen LogP contribution in [0, 0.1) is 0 Å². The minimum atomic E-state index is -3.65. The second-order valence-electron chi connectivity index (χ2n) is 4.03. The number of benzene rings is 2. The van der Waals surface area contributed by atoms with Crippen LogP contribution >= 0.6 is 23.3 Å². The van der Waals surface area contributed by atoms with Crippen LogP contribution in [0.2, 0.25) is 5.02 Å². The van der Waals surface area contributed by atoms with Gasteiger partial charge in [0.15, 0.2) is 0 Å². The van der Waals surface area contributed by atoms with E-state index in [0.717, 1.165) is 11.7 Å². The number of nitrogens with zero attached hydrogens (tertiary/aromatic N) is 2. The highest BCUT2D eigenvalue weighted by molar-refractivity contribution is 7.92. The number of hydrogen-bond acceptors (Lipinski definition) is 5. The van der Waals surface area contributed by atoms with E-state index in [1.807, 2.05) is 0 Å². The first-order valence-electron chi connectivity index (χ1n) is 5.55. The fraction of sp³-hybridized carbons (Fsp3) is 0. The molecular formula is C12H8ClN3O2S2. The maximum Gasteiger partial charge on any atom is 0.261 e. The molecule has 3 aromatic rings. The van der Waals surface area contributed by atoms with E-state index in [0.29, 0.717) is 21.7 Å². The lowest BCUT2D eigenvalue weighted by molar-refractivity contribution is 0.601. The second-order valence-corrected chi connectivity index (χ2v) is 6.67. The summed E-state index contributed by atoms with van der Waals surface area (Å²) >= 11 is 6.81. The van der Waals surface area contributed by atoms with Crippen LogP contribution in [0.3, 0.4) is 0 Å². The van der Waals surface area contributed by atoms with Crippen molar-refractivity contribution in [3.8, 4) is 0 Å². The Kier molecular flexibility index (Phi) is 3.33. The van der Waals surface area contributed by atoms with E-state index in [4.69, 9.17) is 11.6 Å². The Labute approximate surface area is 124 Å². The molecule has 0 aliphatic carbocycles. The highest BCUT2D eigenvalue weighted by Gasteiger charge is 2.15. The van der Waals surface area contributed by atoms with E-state index < -0.39 is 10.0 Å². The Hall–Kier alpha value is -1.70. The zero-order valence-electron chi connectivity index (χ0n) is 9.95. The van der Waals surface area contributed by atoms with Crippen molar-refractivity contribution in [2.75, 3.05) is 4.72 Å². The Morgan fingerprint density at radius 3 is 2.45 bits per heavy atom. The molecule has 1 N–H and O–H groups in total. The lowest BCUT2D eigenvalue weighted by atomic mass is 10.3. The normalized spacial score (nSPS) is 11.7. The largest absolute Gasteiger partial charge is 0.280 e. The maximum absolute atomic E-state index is 12.3. The average Bonchev–Trinajstić information content (AvgIpc) is 2.88. The van der Waals surface area contributed by atoms with Gasteiger partial charge in [0.1, 0.15) is 11.0 Å². The van der Waals surface area contributed by atoms with Gasteiger partial charge in [-0.15, -0.1) is 0 Å². The Morgan fingerprint density at radius 1 is 1.00 bits per heavy atom. The van der Waals surface area contributed by atoms with Gasteiger partial charge in [-0.05, 0) is 42.5 Å². The van der Waals surface area contributed by atoms with Gasteiger partial charge >= 0.3 is 0 Å². The summed E-state index contributed by atoms with van der Waals surface area (Å²) in [4.78, 5) is 0.146. The molecule has 1 heterocycles. The van der Waals surface area contributed by atoms with Crippen LogP contribution in [0.15, 0.2) is 47.4 Å². The molecule has 0 aliphatic heterocycles. The average molecular weight is 326 g/mol. The molecule has 0 fully saturated rings. The van der Waals surface area contributed by atoms with Crippen LogP contribution in [0.4, 0.5) is 5.69 Å². The molecule has 0 spiro atoms. The number of nitrogens with one attached hydrogen (secondary N) is 1. The van der Waals surface area contributed by atoms with Crippen LogP contribution in [-0.2, 0) is 10.0 Å². The monoisotopic (exact) mass is 325 g/mol. The van der Waals surface area contributed by atoms with Crippen molar-refractivity contribution in [2.45, 2.75) is 4.90 Å². The molecule has 102 valence electrons. The molecule has 0 aliphatic rings.